The van der Waals surface area contributed by atoms with Gasteiger partial charge in [0.05, 0.1) is 29.3 Å². The van der Waals surface area contributed by atoms with E-state index in [1.165, 1.54) is 16.5 Å². The number of urea groups is 1. The third-order valence-electron chi connectivity index (χ3n) is 6.10. The Labute approximate surface area is 167 Å². The van der Waals surface area contributed by atoms with Gasteiger partial charge < -0.3 is 4.90 Å². The molecule has 1 saturated heterocycles. The first-order valence-corrected chi connectivity index (χ1v) is 9.53. The van der Waals surface area contributed by atoms with Crippen LogP contribution < -0.4 is 4.90 Å². The topological polar surface area (TPSA) is 47.3 Å². The Morgan fingerprint density at radius 1 is 1.07 bits per heavy atom. The van der Waals surface area contributed by atoms with E-state index in [0.717, 1.165) is 25.0 Å². The van der Waals surface area contributed by atoms with Crippen molar-refractivity contribution in [3.05, 3.63) is 65.2 Å². The number of nitriles is 1. The zero-order valence-corrected chi connectivity index (χ0v) is 15.9. The van der Waals surface area contributed by atoms with Crippen LogP contribution in [0.15, 0.2) is 48.5 Å². The molecule has 1 aliphatic carbocycles. The number of amides is 2. The summed E-state index contributed by atoms with van der Waals surface area (Å²) in [6, 6.07) is 14.7. The van der Waals surface area contributed by atoms with E-state index < -0.39 is 17.3 Å². The smallest absolute Gasteiger partial charge is 0.322 e. The second-order valence-electron chi connectivity index (χ2n) is 7.66. The van der Waals surface area contributed by atoms with Gasteiger partial charge in [-0.2, -0.15) is 18.4 Å². The number of carbonyl (C=O) groups is 1. The van der Waals surface area contributed by atoms with Crippen LogP contribution in [0.3, 0.4) is 0 Å². The van der Waals surface area contributed by atoms with E-state index in [2.05, 4.69) is 12.1 Å². The predicted octanol–water partition coefficient (Wildman–Crippen LogP) is 5.15. The SMILES string of the molecule is CN1C(=O)N(c2ccc(C#N)c(C(F)(F)F)c2)[C@@H]2CCC(c3ccccc3)C[C@H]21. The lowest BCUT2D eigenvalue weighted by Gasteiger charge is -2.36. The summed E-state index contributed by atoms with van der Waals surface area (Å²) in [5.74, 6) is 0.319. The molecule has 0 spiro atoms. The lowest BCUT2D eigenvalue weighted by Crippen LogP contribution is -2.41. The third kappa shape index (κ3) is 3.33. The van der Waals surface area contributed by atoms with Gasteiger partial charge in [-0.15, -0.1) is 0 Å². The molecule has 2 fully saturated rings. The molecule has 1 unspecified atom stereocenters. The summed E-state index contributed by atoms with van der Waals surface area (Å²) < 4.78 is 40.1. The quantitative estimate of drug-likeness (QED) is 0.701. The van der Waals surface area contributed by atoms with E-state index in [1.807, 2.05) is 18.2 Å². The van der Waals surface area contributed by atoms with Crippen LogP contribution in [-0.2, 0) is 6.18 Å². The molecule has 4 nitrogen and oxygen atoms in total. The Morgan fingerprint density at radius 3 is 2.45 bits per heavy atom. The highest BCUT2D eigenvalue weighted by atomic mass is 19.4. The van der Waals surface area contributed by atoms with Gasteiger partial charge in [-0.25, -0.2) is 4.79 Å². The van der Waals surface area contributed by atoms with Gasteiger partial charge in [0, 0.05) is 12.7 Å². The van der Waals surface area contributed by atoms with E-state index in [-0.39, 0.29) is 23.8 Å². The molecule has 3 atom stereocenters. The summed E-state index contributed by atoms with van der Waals surface area (Å²) in [6.07, 6.45) is -2.30. The maximum absolute atomic E-state index is 13.4. The Bertz CT molecular complexity index is 968. The Balaban J connectivity index is 1.66. The van der Waals surface area contributed by atoms with Gasteiger partial charge in [0.1, 0.15) is 0 Å². The zero-order chi connectivity index (χ0) is 20.8. The molecule has 2 amide bonds. The number of hydrogen-bond acceptors (Lipinski definition) is 2. The highest BCUT2D eigenvalue weighted by Crippen LogP contribution is 2.43. The fourth-order valence-corrected chi connectivity index (χ4v) is 4.65. The summed E-state index contributed by atoms with van der Waals surface area (Å²) in [6.45, 7) is 0. The summed E-state index contributed by atoms with van der Waals surface area (Å²) in [5, 5.41) is 9.02. The van der Waals surface area contributed by atoms with Gasteiger partial charge >= 0.3 is 12.2 Å². The summed E-state index contributed by atoms with van der Waals surface area (Å²) in [4.78, 5) is 16.1. The minimum absolute atomic E-state index is 0.0635. The van der Waals surface area contributed by atoms with Gasteiger partial charge in [-0.3, -0.25) is 4.90 Å². The fourth-order valence-electron chi connectivity index (χ4n) is 4.65. The number of fused-ring (bicyclic) bond motifs is 1. The molecule has 1 saturated carbocycles. The molecule has 2 aliphatic rings. The fraction of sp³-hybridized carbons (Fsp3) is 0.364. The number of nitrogens with zero attached hydrogens (tertiary/aromatic N) is 3. The van der Waals surface area contributed by atoms with Crippen molar-refractivity contribution in [3.8, 4) is 6.07 Å². The average Bonchev–Trinajstić information content (AvgIpc) is 2.97. The lowest BCUT2D eigenvalue weighted by molar-refractivity contribution is -0.137. The molecule has 1 heterocycles. The number of anilines is 1. The van der Waals surface area contributed by atoms with Crippen molar-refractivity contribution >= 4 is 11.7 Å². The molecule has 2 aromatic rings. The van der Waals surface area contributed by atoms with Crippen molar-refractivity contribution < 1.29 is 18.0 Å². The van der Waals surface area contributed by atoms with Crippen molar-refractivity contribution in [3.63, 3.8) is 0 Å². The Hall–Kier alpha value is -3.01. The molecule has 0 aromatic heterocycles. The lowest BCUT2D eigenvalue weighted by atomic mass is 9.78. The molecule has 1 aliphatic heterocycles. The van der Waals surface area contributed by atoms with Gasteiger partial charge in [0.25, 0.3) is 0 Å². The minimum Gasteiger partial charge on any atom is -0.322 e. The largest absolute Gasteiger partial charge is 0.417 e. The van der Waals surface area contributed by atoms with Gasteiger partial charge in [0.15, 0.2) is 0 Å². The van der Waals surface area contributed by atoms with Crippen LogP contribution in [0.5, 0.6) is 0 Å². The molecular formula is C22H20F3N3O. The van der Waals surface area contributed by atoms with Crippen LogP contribution in [0, 0.1) is 11.3 Å². The molecule has 29 heavy (non-hydrogen) atoms. The first kappa shape index (κ1) is 19.3. The summed E-state index contributed by atoms with van der Waals surface area (Å²) in [7, 11) is 1.71. The normalized spacial score (nSPS) is 24.4. The number of rotatable bonds is 2. The van der Waals surface area contributed by atoms with Crippen molar-refractivity contribution in [2.75, 3.05) is 11.9 Å². The number of halogens is 3. The number of likely N-dealkylation sites (N-methyl/N-ethyl adjacent to an activating group) is 1. The summed E-state index contributed by atoms with van der Waals surface area (Å²) >= 11 is 0. The van der Waals surface area contributed by atoms with E-state index in [1.54, 1.807) is 18.0 Å². The van der Waals surface area contributed by atoms with E-state index >= 15 is 0 Å². The molecule has 0 bridgehead atoms. The number of carbonyl (C=O) groups excluding carboxylic acids is 1. The maximum atomic E-state index is 13.4. The molecule has 4 rings (SSSR count). The van der Waals surface area contributed by atoms with Gasteiger partial charge in [0.2, 0.25) is 0 Å². The number of alkyl halides is 3. The monoisotopic (exact) mass is 399 g/mol. The molecule has 0 N–H and O–H groups in total. The summed E-state index contributed by atoms with van der Waals surface area (Å²) in [5.41, 5.74) is -0.0261. The maximum Gasteiger partial charge on any atom is 0.417 e. The molecule has 7 heteroatoms. The first-order chi connectivity index (χ1) is 13.8. The van der Waals surface area contributed by atoms with Crippen LogP contribution in [0.1, 0.15) is 41.9 Å². The minimum atomic E-state index is -4.65. The molecule has 150 valence electrons. The predicted molar refractivity (Wildman–Crippen MR) is 102 cm³/mol. The van der Waals surface area contributed by atoms with Crippen molar-refractivity contribution in [2.24, 2.45) is 0 Å². The standard InChI is InChI=1S/C22H20F3N3O/c1-27-20-11-15(14-5-3-2-4-6-14)8-10-19(20)28(21(27)29)17-9-7-16(13-26)18(12-17)22(23,24)25/h2-7,9,12,15,19-20H,8,10-11H2,1H3/t15?,19-,20-/m1/s1. The average molecular weight is 399 g/mol. The second kappa shape index (κ2) is 7.11. The van der Waals surface area contributed by atoms with Crippen LogP contribution in [0.4, 0.5) is 23.7 Å². The molecular weight excluding hydrogens is 379 g/mol. The van der Waals surface area contributed by atoms with Crippen LogP contribution >= 0.6 is 0 Å². The number of benzene rings is 2. The Kier molecular flexibility index (Phi) is 4.73. The number of hydrogen-bond donors (Lipinski definition) is 0. The molecule has 0 radical (unpaired) electrons. The van der Waals surface area contributed by atoms with Crippen molar-refractivity contribution in [2.45, 2.75) is 43.4 Å². The van der Waals surface area contributed by atoms with Crippen LogP contribution in [-0.4, -0.2) is 30.1 Å². The van der Waals surface area contributed by atoms with Gasteiger partial charge in [-0.1, -0.05) is 30.3 Å². The van der Waals surface area contributed by atoms with Crippen molar-refractivity contribution in [1.29, 1.82) is 5.26 Å². The van der Waals surface area contributed by atoms with Gasteiger partial charge in [-0.05, 0) is 48.9 Å². The highest BCUT2D eigenvalue weighted by Gasteiger charge is 2.48. The van der Waals surface area contributed by atoms with E-state index in [4.69, 9.17) is 5.26 Å². The third-order valence-corrected chi connectivity index (χ3v) is 6.10. The van der Waals surface area contributed by atoms with Crippen LogP contribution in [0.25, 0.3) is 0 Å². The first-order valence-electron chi connectivity index (χ1n) is 9.53. The van der Waals surface area contributed by atoms with E-state index in [9.17, 15) is 18.0 Å². The Morgan fingerprint density at radius 2 is 1.79 bits per heavy atom. The second-order valence-corrected chi connectivity index (χ2v) is 7.66. The van der Waals surface area contributed by atoms with Crippen LogP contribution in [0.2, 0.25) is 0 Å². The molecule has 2 aromatic carbocycles. The van der Waals surface area contributed by atoms with Crippen molar-refractivity contribution in [1.82, 2.24) is 4.90 Å². The highest BCUT2D eigenvalue weighted by molar-refractivity contribution is 5.95. The van der Waals surface area contributed by atoms with E-state index in [0.29, 0.717) is 12.3 Å². The zero-order valence-electron chi connectivity index (χ0n) is 15.9.